The molecular weight excluding hydrogens is 314 g/mol. The summed E-state index contributed by atoms with van der Waals surface area (Å²) in [6.45, 7) is 9.35. The van der Waals surface area contributed by atoms with E-state index in [1.54, 1.807) is 0 Å². The standard InChI is InChI=1S/C25H25N/c1-23(2)12-10-16-11-13-24(3,4)25-19-9-7-5-6-8-17(19)18(15-26)20(25)14-21(23)22(16)25/h5-14,18-20H,1-4H3. The van der Waals surface area contributed by atoms with Gasteiger partial charge in [-0.05, 0) is 27.7 Å². The molecule has 0 aliphatic heterocycles. The van der Waals surface area contributed by atoms with E-state index in [1.807, 2.05) is 0 Å². The maximum absolute atomic E-state index is 10.2. The van der Waals surface area contributed by atoms with Crippen molar-refractivity contribution in [3.8, 4) is 6.07 Å². The van der Waals surface area contributed by atoms with E-state index < -0.39 is 0 Å². The van der Waals surface area contributed by atoms with Gasteiger partial charge in [0.25, 0.3) is 0 Å². The lowest BCUT2D eigenvalue weighted by atomic mass is 9.50. The largest absolute Gasteiger partial charge is 0.198 e. The van der Waals surface area contributed by atoms with Gasteiger partial charge in [0.15, 0.2) is 0 Å². The Labute approximate surface area is 156 Å². The Morgan fingerprint density at radius 2 is 1.77 bits per heavy atom. The Bertz CT molecular complexity index is 960. The highest BCUT2D eigenvalue weighted by atomic mass is 14.7. The van der Waals surface area contributed by atoms with Crippen molar-refractivity contribution >= 4 is 0 Å². The molecule has 5 aliphatic carbocycles. The molecule has 0 aromatic rings. The number of hydrogen-bond acceptors (Lipinski definition) is 1. The van der Waals surface area contributed by atoms with Crippen molar-refractivity contribution in [3.05, 3.63) is 83.1 Å². The SMILES string of the molecule is CC1(C)C=CC2=C3C1=CC1C(C#N)C4=CC=CC=CC4C31C(C)(C)C=C2. The molecule has 4 unspecified atom stereocenters. The highest BCUT2D eigenvalue weighted by Gasteiger charge is 2.68. The molecule has 1 fully saturated rings. The Balaban J connectivity index is 1.89. The summed E-state index contributed by atoms with van der Waals surface area (Å²) in [7, 11) is 0. The van der Waals surface area contributed by atoms with Gasteiger partial charge >= 0.3 is 0 Å². The van der Waals surface area contributed by atoms with Crippen LogP contribution in [0.25, 0.3) is 0 Å². The van der Waals surface area contributed by atoms with Crippen LogP contribution < -0.4 is 0 Å². The summed E-state index contributed by atoms with van der Waals surface area (Å²) < 4.78 is 0. The fraction of sp³-hybridized carbons (Fsp3) is 0.400. The fourth-order valence-electron chi connectivity index (χ4n) is 6.33. The minimum Gasteiger partial charge on any atom is -0.198 e. The number of rotatable bonds is 0. The smallest absolute Gasteiger partial charge is 0.0753 e. The molecule has 0 bridgehead atoms. The molecule has 26 heavy (non-hydrogen) atoms. The van der Waals surface area contributed by atoms with Crippen molar-refractivity contribution in [3.63, 3.8) is 0 Å². The third-order valence-electron chi connectivity index (χ3n) is 7.48. The first kappa shape index (κ1) is 15.9. The minimum atomic E-state index is -0.0663. The van der Waals surface area contributed by atoms with E-state index in [0.29, 0.717) is 0 Å². The van der Waals surface area contributed by atoms with Crippen molar-refractivity contribution in [2.24, 2.45) is 34.0 Å². The summed E-state index contributed by atoms with van der Waals surface area (Å²) in [6, 6.07) is 2.69. The lowest BCUT2D eigenvalue weighted by Gasteiger charge is -2.52. The normalized spacial score (nSPS) is 39.6. The first-order chi connectivity index (χ1) is 12.3. The van der Waals surface area contributed by atoms with Crippen LogP contribution in [-0.4, -0.2) is 0 Å². The zero-order chi connectivity index (χ0) is 18.3. The molecule has 0 saturated heterocycles. The molecular formula is C25H25N. The van der Waals surface area contributed by atoms with E-state index in [9.17, 15) is 5.26 Å². The lowest BCUT2D eigenvalue weighted by molar-refractivity contribution is 0.104. The highest BCUT2D eigenvalue weighted by Crippen LogP contribution is 2.74. The van der Waals surface area contributed by atoms with Crippen LogP contribution in [0, 0.1) is 45.3 Å². The van der Waals surface area contributed by atoms with E-state index >= 15 is 0 Å². The van der Waals surface area contributed by atoms with Crippen LogP contribution in [0.4, 0.5) is 0 Å². The van der Waals surface area contributed by atoms with Crippen molar-refractivity contribution < 1.29 is 0 Å². The second kappa shape index (κ2) is 4.68. The van der Waals surface area contributed by atoms with Crippen LogP contribution in [0.2, 0.25) is 0 Å². The van der Waals surface area contributed by atoms with E-state index in [1.165, 1.54) is 22.3 Å². The maximum Gasteiger partial charge on any atom is 0.0753 e. The second-order valence-electron chi connectivity index (χ2n) is 9.44. The predicted molar refractivity (Wildman–Crippen MR) is 106 cm³/mol. The molecule has 5 rings (SSSR count). The van der Waals surface area contributed by atoms with E-state index in [-0.39, 0.29) is 34.0 Å². The summed E-state index contributed by atoms with van der Waals surface area (Å²) in [6.07, 6.45) is 22.7. The Morgan fingerprint density at radius 1 is 1.00 bits per heavy atom. The number of fused-ring (bicyclic) bond motifs is 1. The quantitative estimate of drug-likeness (QED) is 0.544. The van der Waals surface area contributed by atoms with Crippen molar-refractivity contribution in [1.29, 1.82) is 5.26 Å². The van der Waals surface area contributed by atoms with E-state index in [0.717, 1.165) is 0 Å². The van der Waals surface area contributed by atoms with Crippen molar-refractivity contribution in [2.45, 2.75) is 27.7 Å². The van der Waals surface area contributed by atoms with Gasteiger partial charge in [0.1, 0.15) is 0 Å². The third-order valence-corrected chi connectivity index (χ3v) is 7.48. The third kappa shape index (κ3) is 1.58. The summed E-state index contributed by atoms with van der Waals surface area (Å²) in [5.74, 6) is 0.452. The highest BCUT2D eigenvalue weighted by molar-refractivity contribution is 5.67. The van der Waals surface area contributed by atoms with Gasteiger partial charge in [0, 0.05) is 22.7 Å². The van der Waals surface area contributed by atoms with Gasteiger partial charge in [-0.3, -0.25) is 0 Å². The molecule has 0 aromatic heterocycles. The van der Waals surface area contributed by atoms with Gasteiger partial charge in [-0.15, -0.1) is 0 Å². The Kier molecular flexibility index (Phi) is 2.86. The van der Waals surface area contributed by atoms with Gasteiger partial charge in [-0.2, -0.15) is 5.26 Å². The number of allylic oxidation sites excluding steroid dienone is 14. The van der Waals surface area contributed by atoms with Gasteiger partial charge in [-0.1, -0.05) is 88.5 Å². The molecule has 0 heterocycles. The molecule has 0 radical (unpaired) electrons. The molecule has 0 amide bonds. The Morgan fingerprint density at radius 3 is 2.54 bits per heavy atom. The first-order valence-corrected chi connectivity index (χ1v) is 9.65. The maximum atomic E-state index is 10.2. The summed E-state index contributed by atoms with van der Waals surface area (Å²) in [4.78, 5) is 0. The zero-order valence-corrected chi connectivity index (χ0v) is 16.0. The van der Waals surface area contributed by atoms with Gasteiger partial charge < -0.3 is 0 Å². The number of nitriles is 1. The average Bonchev–Trinajstić information content (AvgIpc) is 2.95. The number of nitrogens with zero attached hydrogens (tertiary/aromatic N) is 1. The molecule has 0 aromatic carbocycles. The monoisotopic (exact) mass is 339 g/mol. The van der Waals surface area contributed by atoms with Crippen LogP contribution in [0.3, 0.4) is 0 Å². The number of hydrogen-bond donors (Lipinski definition) is 0. The summed E-state index contributed by atoms with van der Waals surface area (Å²) >= 11 is 0. The van der Waals surface area contributed by atoms with Gasteiger partial charge in [0.2, 0.25) is 0 Å². The first-order valence-electron chi connectivity index (χ1n) is 9.65. The zero-order valence-electron chi connectivity index (χ0n) is 16.0. The molecule has 0 N–H and O–H groups in total. The van der Waals surface area contributed by atoms with Crippen LogP contribution in [0.15, 0.2) is 83.1 Å². The fourth-order valence-corrected chi connectivity index (χ4v) is 6.33. The van der Waals surface area contributed by atoms with Gasteiger partial charge in [-0.25, -0.2) is 0 Å². The molecule has 1 heteroatoms. The second-order valence-corrected chi connectivity index (χ2v) is 9.44. The molecule has 1 saturated carbocycles. The van der Waals surface area contributed by atoms with E-state index in [4.69, 9.17) is 0 Å². The van der Waals surface area contributed by atoms with Crippen LogP contribution in [0.5, 0.6) is 0 Å². The van der Waals surface area contributed by atoms with Gasteiger partial charge in [0.05, 0.1) is 12.0 Å². The Hall–Kier alpha value is -2.33. The topological polar surface area (TPSA) is 23.8 Å². The summed E-state index contributed by atoms with van der Waals surface area (Å²) in [5, 5.41) is 10.2. The summed E-state index contributed by atoms with van der Waals surface area (Å²) in [5.41, 5.74) is 5.53. The molecule has 4 atom stereocenters. The van der Waals surface area contributed by atoms with Crippen LogP contribution in [0.1, 0.15) is 27.7 Å². The van der Waals surface area contributed by atoms with Crippen molar-refractivity contribution in [2.75, 3.05) is 0 Å². The lowest BCUT2D eigenvalue weighted by Crippen LogP contribution is -2.46. The predicted octanol–water partition coefficient (Wildman–Crippen LogP) is 5.84. The van der Waals surface area contributed by atoms with E-state index in [2.05, 4.69) is 94.5 Å². The molecule has 1 spiro atoms. The van der Waals surface area contributed by atoms with Crippen LogP contribution >= 0.6 is 0 Å². The molecule has 5 aliphatic rings. The van der Waals surface area contributed by atoms with Crippen LogP contribution in [-0.2, 0) is 0 Å². The molecule has 130 valence electrons. The average molecular weight is 339 g/mol. The minimum absolute atomic E-state index is 0.0138. The molecule has 1 nitrogen and oxygen atoms in total. The van der Waals surface area contributed by atoms with Crippen molar-refractivity contribution in [1.82, 2.24) is 0 Å².